The maximum atomic E-state index is 12.5. The summed E-state index contributed by atoms with van der Waals surface area (Å²) in [7, 11) is 0. The second-order valence-electron chi connectivity index (χ2n) is 5.79. The maximum Gasteiger partial charge on any atom is 0.335 e. The van der Waals surface area contributed by atoms with E-state index in [4.69, 9.17) is 16.7 Å². The van der Waals surface area contributed by atoms with Gasteiger partial charge in [-0.1, -0.05) is 17.7 Å². The van der Waals surface area contributed by atoms with Crippen LogP contribution in [0.5, 0.6) is 0 Å². The normalized spacial score (nSPS) is 10.9. The van der Waals surface area contributed by atoms with Gasteiger partial charge in [0.05, 0.1) is 5.56 Å². The Morgan fingerprint density at radius 3 is 2.54 bits per heavy atom. The van der Waals surface area contributed by atoms with E-state index in [2.05, 4.69) is 5.32 Å². The summed E-state index contributed by atoms with van der Waals surface area (Å²) >= 11 is 5.91. The molecule has 3 rings (SSSR count). The molecule has 0 fully saturated rings. The number of hydrogen-bond acceptors (Lipinski definition) is 3. The highest BCUT2D eigenvalue weighted by Crippen LogP contribution is 2.19. The molecule has 0 atom stereocenters. The van der Waals surface area contributed by atoms with Crippen LogP contribution in [-0.2, 0) is 4.79 Å². The Kier molecular flexibility index (Phi) is 5.58. The second-order valence-corrected chi connectivity index (χ2v) is 6.23. The smallest absolute Gasteiger partial charge is 0.335 e. The average Bonchev–Trinajstić information content (AvgIpc) is 3.15. The number of aromatic carboxylic acids is 1. The minimum Gasteiger partial charge on any atom is -0.478 e. The number of nitriles is 1. The Balaban J connectivity index is 1.87. The number of aromatic nitrogens is 1. The number of hydrogen-bond donors (Lipinski definition) is 2. The van der Waals surface area contributed by atoms with Crippen molar-refractivity contribution in [3.8, 4) is 11.8 Å². The number of nitrogens with zero attached hydrogens (tertiary/aromatic N) is 2. The third kappa shape index (κ3) is 4.29. The first-order valence-electron chi connectivity index (χ1n) is 8.18. The first-order valence-corrected chi connectivity index (χ1v) is 8.55. The number of rotatable bonds is 5. The molecule has 0 spiro atoms. The van der Waals surface area contributed by atoms with Crippen molar-refractivity contribution in [3.05, 3.63) is 88.7 Å². The molecule has 1 amide bonds. The summed E-state index contributed by atoms with van der Waals surface area (Å²) in [4.78, 5) is 23.5. The minimum absolute atomic E-state index is 0.0388. The molecule has 138 valence electrons. The summed E-state index contributed by atoms with van der Waals surface area (Å²) in [6, 6.07) is 18.4. The van der Waals surface area contributed by atoms with Crippen molar-refractivity contribution in [2.45, 2.75) is 0 Å². The Bertz CT molecular complexity index is 1110. The van der Waals surface area contributed by atoms with Gasteiger partial charge in [-0.05, 0) is 60.7 Å². The number of nitrogens with one attached hydrogen (secondary N) is 1. The van der Waals surface area contributed by atoms with Crippen LogP contribution in [-0.4, -0.2) is 21.6 Å². The van der Waals surface area contributed by atoms with Crippen LogP contribution in [0, 0.1) is 11.3 Å². The van der Waals surface area contributed by atoms with E-state index in [0.717, 1.165) is 5.69 Å². The SMILES string of the molecule is N#C/C(=C/c1cccn1-c1ccc(Cl)cc1)C(=O)Nc1cccc(C(=O)O)c1. The third-order valence-electron chi connectivity index (χ3n) is 3.91. The molecule has 0 radical (unpaired) electrons. The van der Waals surface area contributed by atoms with Crippen LogP contribution in [0.2, 0.25) is 5.02 Å². The molecule has 7 heteroatoms. The number of anilines is 1. The number of benzene rings is 2. The molecular formula is C21H14ClN3O3. The van der Waals surface area contributed by atoms with Crippen molar-refractivity contribution in [1.29, 1.82) is 5.26 Å². The fourth-order valence-corrected chi connectivity index (χ4v) is 2.70. The Morgan fingerprint density at radius 2 is 1.86 bits per heavy atom. The molecule has 0 aliphatic heterocycles. The highest BCUT2D eigenvalue weighted by atomic mass is 35.5. The quantitative estimate of drug-likeness (QED) is 0.498. The minimum atomic E-state index is -1.10. The molecule has 1 aromatic heterocycles. The average molecular weight is 392 g/mol. The first kappa shape index (κ1) is 19.0. The lowest BCUT2D eigenvalue weighted by molar-refractivity contribution is -0.112. The molecule has 3 aromatic rings. The van der Waals surface area contributed by atoms with Gasteiger partial charge in [0, 0.05) is 28.3 Å². The van der Waals surface area contributed by atoms with E-state index in [-0.39, 0.29) is 11.1 Å². The van der Waals surface area contributed by atoms with Crippen LogP contribution >= 0.6 is 11.6 Å². The Labute approximate surface area is 165 Å². The topological polar surface area (TPSA) is 95.1 Å². The molecule has 0 aliphatic rings. The van der Waals surface area contributed by atoms with Crippen LogP contribution in [0.15, 0.2) is 72.4 Å². The largest absolute Gasteiger partial charge is 0.478 e. The molecule has 6 nitrogen and oxygen atoms in total. The number of halogens is 1. The van der Waals surface area contributed by atoms with Crippen molar-refractivity contribution in [2.24, 2.45) is 0 Å². The van der Waals surface area contributed by atoms with Crippen molar-refractivity contribution in [3.63, 3.8) is 0 Å². The number of carboxylic acids is 1. The van der Waals surface area contributed by atoms with Gasteiger partial charge in [-0.3, -0.25) is 4.79 Å². The summed E-state index contributed by atoms with van der Waals surface area (Å²) in [6.07, 6.45) is 3.27. The molecule has 0 saturated carbocycles. The van der Waals surface area contributed by atoms with Gasteiger partial charge in [-0.25, -0.2) is 4.79 Å². The Morgan fingerprint density at radius 1 is 1.11 bits per heavy atom. The maximum absolute atomic E-state index is 12.5. The fraction of sp³-hybridized carbons (Fsp3) is 0. The second kappa shape index (κ2) is 8.25. The number of amides is 1. The lowest BCUT2D eigenvalue weighted by Gasteiger charge is -2.08. The van der Waals surface area contributed by atoms with Crippen molar-refractivity contribution < 1.29 is 14.7 Å². The van der Waals surface area contributed by atoms with Crippen LogP contribution < -0.4 is 5.32 Å². The molecule has 2 N–H and O–H groups in total. The summed E-state index contributed by atoms with van der Waals surface area (Å²) in [6.45, 7) is 0. The monoisotopic (exact) mass is 391 g/mol. The van der Waals surface area contributed by atoms with E-state index in [1.54, 1.807) is 36.5 Å². The fourth-order valence-electron chi connectivity index (χ4n) is 2.57. The summed E-state index contributed by atoms with van der Waals surface area (Å²) in [5, 5.41) is 21.6. The van der Waals surface area contributed by atoms with Crippen LogP contribution in [0.4, 0.5) is 5.69 Å². The molecule has 1 heterocycles. The molecule has 2 aromatic carbocycles. The van der Waals surface area contributed by atoms with Gasteiger partial charge >= 0.3 is 5.97 Å². The predicted octanol–water partition coefficient (Wildman–Crippen LogP) is 4.37. The van der Waals surface area contributed by atoms with Gasteiger partial charge in [0.15, 0.2) is 0 Å². The zero-order valence-corrected chi connectivity index (χ0v) is 15.2. The van der Waals surface area contributed by atoms with Crippen LogP contribution in [0.3, 0.4) is 0 Å². The van der Waals surface area contributed by atoms with E-state index in [1.807, 2.05) is 22.8 Å². The van der Waals surface area contributed by atoms with E-state index < -0.39 is 11.9 Å². The van der Waals surface area contributed by atoms with E-state index >= 15 is 0 Å². The van der Waals surface area contributed by atoms with E-state index in [1.165, 1.54) is 24.3 Å². The highest BCUT2D eigenvalue weighted by Gasteiger charge is 2.12. The van der Waals surface area contributed by atoms with Crippen molar-refractivity contribution in [2.75, 3.05) is 5.32 Å². The molecule has 0 bridgehead atoms. The van der Waals surface area contributed by atoms with Gasteiger partial charge in [0.2, 0.25) is 0 Å². The van der Waals surface area contributed by atoms with Crippen molar-refractivity contribution >= 4 is 35.2 Å². The van der Waals surface area contributed by atoms with Gasteiger partial charge in [0.25, 0.3) is 5.91 Å². The van der Waals surface area contributed by atoms with Gasteiger partial charge < -0.3 is 15.0 Å². The zero-order chi connectivity index (χ0) is 20.1. The zero-order valence-electron chi connectivity index (χ0n) is 14.5. The third-order valence-corrected chi connectivity index (χ3v) is 4.16. The summed E-state index contributed by atoms with van der Waals surface area (Å²) in [5.74, 6) is -1.73. The predicted molar refractivity (Wildman–Crippen MR) is 106 cm³/mol. The Hall–Kier alpha value is -3.82. The van der Waals surface area contributed by atoms with Crippen molar-refractivity contribution in [1.82, 2.24) is 4.57 Å². The van der Waals surface area contributed by atoms with Crippen LogP contribution in [0.25, 0.3) is 11.8 Å². The summed E-state index contributed by atoms with van der Waals surface area (Å²) < 4.78 is 1.81. The standard InChI is InChI=1S/C21H14ClN3O3/c22-16-6-8-18(9-7-16)25-10-2-5-19(25)12-15(13-23)20(26)24-17-4-1-3-14(11-17)21(27)28/h1-12H,(H,24,26)(H,27,28)/b15-12-. The molecule has 0 saturated heterocycles. The van der Waals surface area contributed by atoms with E-state index in [9.17, 15) is 14.9 Å². The first-order chi connectivity index (χ1) is 13.5. The molecular weight excluding hydrogens is 378 g/mol. The number of carboxylic acid groups (broad SMARTS) is 1. The lowest BCUT2D eigenvalue weighted by Crippen LogP contribution is -2.14. The van der Waals surface area contributed by atoms with Crippen LogP contribution in [0.1, 0.15) is 16.1 Å². The number of carbonyl (C=O) groups is 2. The number of carbonyl (C=O) groups excluding carboxylic acids is 1. The van der Waals surface area contributed by atoms with Gasteiger partial charge in [-0.2, -0.15) is 5.26 Å². The van der Waals surface area contributed by atoms with E-state index in [0.29, 0.717) is 16.4 Å². The molecule has 28 heavy (non-hydrogen) atoms. The van der Waals surface area contributed by atoms with Gasteiger partial charge in [0.1, 0.15) is 11.6 Å². The molecule has 0 unspecified atom stereocenters. The lowest BCUT2D eigenvalue weighted by atomic mass is 10.1. The molecule has 0 aliphatic carbocycles. The highest BCUT2D eigenvalue weighted by molar-refractivity contribution is 6.30. The summed E-state index contributed by atoms with van der Waals surface area (Å²) in [5.41, 5.74) is 1.67. The van der Waals surface area contributed by atoms with Gasteiger partial charge in [-0.15, -0.1) is 0 Å².